The van der Waals surface area contributed by atoms with Gasteiger partial charge < -0.3 is 24.0 Å². The molecule has 0 bridgehead atoms. The van der Waals surface area contributed by atoms with E-state index in [0.29, 0.717) is 11.1 Å². The van der Waals surface area contributed by atoms with E-state index in [-0.39, 0.29) is 0 Å². The van der Waals surface area contributed by atoms with Gasteiger partial charge in [-0.25, -0.2) is 0 Å². The molecule has 2 saturated heterocycles. The fourth-order valence-corrected chi connectivity index (χ4v) is 3.34. The molecule has 5 nitrogen and oxygen atoms in total. The van der Waals surface area contributed by atoms with Crippen molar-refractivity contribution < 1.29 is 24.0 Å². The lowest BCUT2D eigenvalue weighted by Crippen LogP contribution is -2.58. The van der Waals surface area contributed by atoms with Crippen LogP contribution in [0.2, 0.25) is 0 Å². The van der Waals surface area contributed by atoms with Crippen molar-refractivity contribution in [1.29, 1.82) is 0 Å². The molecule has 144 valence electrons. The minimum absolute atomic E-state index is 0.512. The zero-order valence-electron chi connectivity index (χ0n) is 17.3. The third-order valence-electron chi connectivity index (χ3n) is 6.79. The van der Waals surface area contributed by atoms with Crippen molar-refractivity contribution in [1.82, 2.24) is 0 Å². The number of carbonyl (C=O) groups is 1. The first-order valence-electron chi connectivity index (χ1n) is 9.19. The molecule has 0 atom stereocenters. The largest absolute Gasteiger partial charge is 0.652 e. The van der Waals surface area contributed by atoms with E-state index in [4.69, 9.17) is 15.0 Å². The lowest BCUT2D eigenvalue weighted by atomic mass is 9.89. The molecule has 24 heavy (non-hydrogen) atoms. The number of hydrogen-bond acceptors (Lipinski definition) is 3. The standard InChI is InChI=1S/2C9H20N.CH2O3/c2*1-9(2)7-5-6-8-10(9,3)4;2-1(3)4/h2*5-8H2,1-4H3;(H2,2,3,4)/q2*+1;/p-2. The second kappa shape index (κ2) is 8.52. The minimum atomic E-state index is -2.33. The molecular formula is C19H40N2O3. The lowest BCUT2D eigenvalue weighted by Gasteiger charge is -2.48. The van der Waals surface area contributed by atoms with E-state index in [9.17, 15) is 0 Å². The van der Waals surface area contributed by atoms with E-state index in [1.807, 2.05) is 0 Å². The maximum atomic E-state index is 8.33. The Morgan fingerprint density at radius 3 is 1.08 bits per heavy atom. The molecule has 2 fully saturated rings. The highest BCUT2D eigenvalue weighted by Crippen LogP contribution is 2.31. The molecule has 0 amide bonds. The summed E-state index contributed by atoms with van der Waals surface area (Å²) >= 11 is 0. The van der Waals surface area contributed by atoms with E-state index in [1.165, 1.54) is 60.6 Å². The molecule has 0 aliphatic carbocycles. The minimum Gasteiger partial charge on any atom is -0.652 e. The zero-order valence-corrected chi connectivity index (χ0v) is 17.3. The normalized spacial score (nSPS) is 26.0. The van der Waals surface area contributed by atoms with Gasteiger partial charge in [-0.15, -0.1) is 0 Å². The van der Waals surface area contributed by atoms with Gasteiger partial charge in [0.15, 0.2) is 0 Å². The Bertz CT molecular complexity index is 333. The van der Waals surface area contributed by atoms with Gasteiger partial charge in [-0.05, 0) is 59.5 Å². The predicted molar refractivity (Wildman–Crippen MR) is 95.2 cm³/mol. The Hall–Kier alpha value is -0.810. The van der Waals surface area contributed by atoms with Crippen LogP contribution in [0, 0.1) is 0 Å². The van der Waals surface area contributed by atoms with Gasteiger partial charge in [0.25, 0.3) is 0 Å². The maximum absolute atomic E-state index is 8.33. The van der Waals surface area contributed by atoms with Crippen LogP contribution in [-0.4, -0.2) is 67.5 Å². The Balaban J connectivity index is 0.000000363. The summed E-state index contributed by atoms with van der Waals surface area (Å²) in [6.45, 7) is 12.2. The molecule has 2 rings (SSSR count). The molecule has 0 radical (unpaired) electrons. The zero-order chi connectivity index (χ0) is 19.2. The number of rotatable bonds is 0. The summed E-state index contributed by atoms with van der Waals surface area (Å²) in [5, 5.41) is 16.7. The number of quaternary nitrogens is 2. The first-order valence-corrected chi connectivity index (χ1v) is 9.19. The van der Waals surface area contributed by atoms with Crippen molar-refractivity contribution in [3.05, 3.63) is 0 Å². The second-order valence-electron chi connectivity index (χ2n) is 9.61. The van der Waals surface area contributed by atoms with E-state index in [1.54, 1.807) is 0 Å². The smallest absolute Gasteiger partial charge is 0.0931 e. The molecule has 0 aromatic heterocycles. The Kier molecular flexibility index (Phi) is 8.24. The Morgan fingerprint density at radius 2 is 0.958 bits per heavy atom. The molecule has 2 heterocycles. The summed E-state index contributed by atoms with van der Waals surface area (Å²) in [4.78, 5) is 8.33. The van der Waals surface area contributed by atoms with E-state index < -0.39 is 6.16 Å². The quantitative estimate of drug-likeness (QED) is 0.627. The maximum Gasteiger partial charge on any atom is 0.0931 e. The predicted octanol–water partition coefficient (Wildman–Crippen LogP) is 1.60. The summed E-state index contributed by atoms with van der Waals surface area (Å²) in [7, 11) is 9.39. The summed E-state index contributed by atoms with van der Waals surface area (Å²) in [5.74, 6) is 0. The second-order valence-corrected chi connectivity index (χ2v) is 9.61. The number of hydrogen-bond donors (Lipinski definition) is 0. The summed E-state index contributed by atoms with van der Waals surface area (Å²) < 4.78 is 2.40. The van der Waals surface area contributed by atoms with Crippen LogP contribution in [0.15, 0.2) is 0 Å². The first kappa shape index (κ1) is 23.2. The molecular weight excluding hydrogens is 304 g/mol. The van der Waals surface area contributed by atoms with Crippen LogP contribution in [0.1, 0.15) is 66.2 Å². The van der Waals surface area contributed by atoms with Crippen LogP contribution in [0.25, 0.3) is 0 Å². The average molecular weight is 345 g/mol. The van der Waals surface area contributed by atoms with Crippen LogP contribution in [0.3, 0.4) is 0 Å². The molecule has 0 unspecified atom stereocenters. The number of piperidine rings is 2. The third-order valence-corrected chi connectivity index (χ3v) is 6.79. The van der Waals surface area contributed by atoms with Gasteiger partial charge in [0.2, 0.25) is 0 Å². The van der Waals surface area contributed by atoms with Gasteiger partial charge in [-0.3, -0.25) is 0 Å². The third kappa shape index (κ3) is 6.98. The highest BCUT2D eigenvalue weighted by atomic mass is 16.6. The van der Waals surface area contributed by atoms with Crippen LogP contribution < -0.4 is 10.2 Å². The van der Waals surface area contributed by atoms with Crippen LogP contribution >= 0.6 is 0 Å². The van der Waals surface area contributed by atoms with Gasteiger partial charge in [0, 0.05) is 12.8 Å². The fourth-order valence-electron chi connectivity index (χ4n) is 3.34. The van der Waals surface area contributed by atoms with E-state index in [2.05, 4.69) is 55.9 Å². The SMILES string of the molecule is CC1(C)CCCC[N+]1(C)C.CC1(C)CCCC[N+]1(C)C.O=C([O-])[O-]. The summed E-state index contributed by atoms with van der Waals surface area (Å²) in [6, 6.07) is 0. The molecule has 0 aromatic rings. The van der Waals surface area contributed by atoms with Crippen LogP contribution in [0.4, 0.5) is 4.79 Å². The van der Waals surface area contributed by atoms with Gasteiger partial charge in [-0.2, -0.15) is 0 Å². The Labute approximate surface area is 149 Å². The van der Waals surface area contributed by atoms with E-state index in [0.717, 1.165) is 0 Å². The van der Waals surface area contributed by atoms with Gasteiger partial charge in [0.1, 0.15) is 0 Å². The average Bonchev–Trinajstić information content (AvgIpc) is 2.37. The monoisotopic (exact) mass is 344 g/mol. The van der Waals surface area contributed by atoms with Crippen molar-refractivity contribution >= 4 is 6.16 Å². The van der Waals surface area contributed by atoms with Crippen molar-refractivity contribution in [2.24, 2.45) is 0 Å². The first-order chi connectivity index (χ1) is 10.6. The van der Waals surface area contributed by atoms with Gasteiger partial charge >= 0.3 is 0 Å². The number of nitrogens with zero attached hydrogens (tertiary/aromatic N) is 2. The molecule has 2 aliphatic rings. The molecule has 0 spiro atoms. The number of carbonyl (C=O) groups excluding carboxylic acids is 1. The fraction of sp³-hybridized carbons (Fsp3) is 0.947. The topological polar surface area (TPSA) is 63.2 Å². The van der Waals surface area contributed by atoms with Gasteiger partial charge in [0.05, 0.1) is 52.4 Å². The lowest BCUT2D eigenvalue weighted by molar-refractivity contribution is -0.943. The van der Waals surface area contributed by atoms with Crippen LogP contribution in [-0.2, 0) is 0 Å². The van der Waals surface area contributed by atoms with Gasteiger partial charge in [-0.1, -0.05) is 0 Å². The van der Waals surface area contributed by atoms with Crippen molar-refractivity contribution in [2.45, 2.75) is 77.3 Å². The molecule has 0 aromatic carbocycles. The molecule has 0 N–H and O–H groups in total. The molecule has 0 saturated carbocycles. The molecule has 2 aliphatic heterocycles. The number of likely N-dealkylation sites (tertiary alicyclic amines) is 2. The summed E-state index contributed by atoms with van der Waals surface area (Å²) in [6.07, 6.45) is 6.12. The van der Waals surface area contributed by atoms with E-state index >= 15 is 0 Å². The van der Waals surface area contributed by atoms with Crippen molar-refractivity contribution in [3.8, 4) is 0 Å². The van der Waals surface area contributed by atoms with Crippen molar-refractivity contribution in [3.63, 3.8) is 0 Å². The van der Waals surface area contributed by atoms with Crippen molar-refractivity contribution in [2.75, 3.05) is 41.3 Å². The molecule has 5 heteroatoms. The van der Waals surface area contributed by atoms with Crippen LogP contribution in [0.5, 0.6) is 0 Å². The number of carboxylic acid groups (broad SMARTS) is 2. The Morgan fingerprint density at radius 1 is 0.708 bits per heavy atom. The highest BCUT2D eigenvalue weighted by Gasteiger charge is 2.39. The highest BCUT2D eigenvalue weighted by molar-refractivity contribution is 5.47. The summed E-state index contributed by atoms with van der Waals surface area (Å²) in [5.41, 5.74) is 1.02.